The topological polar surface area (TPSA) is 44.4 Å². The number of piperazine rings is 1. The van der Waals surface area contributed by atoms with E-state index in [1.807, 2.05) is 13.0 Å². The summed E-state index contributed by atoms with van der Waals surface area (Å²) in [6.07, 6.45) is 0. The van der Waals surface area contributed by atoms with Crippen molar-refractivity contribution in [1.29, 1.82) is 0 Å². The van der Waals surface area contributed by atoms with Crippen LogP contribution in [-0.4, -0.2) is 43.0 Å². The first-order valence-electron chi connectivity index (χ1n) is 6.68. The molecular weight excluding hydrogens is 297 g/mol. The third-order valence-electron chi connectivity index (χ3n) is 3.53. The molecule has 1 unspecified atom stereocenters. The van der Waals surface area contributed by atoms with Gasteiger partial charge in [0.2, 0.25) is 5.91 Å². The van der Waals surface area contributed by atoms with Gasteiger partial charge in [-0.3, -0.25) is 9.69 Å². The van der Waals surface area contributed by atoms with Crippen LogP contribution < -0.4 is 10.6 Å². The molecule has 1 fully saturated rings. The number of benzene rings is 1. The molecule has 2 rings (SSSR count). The minimum Gasteiger partial charge on any atom is -0.322 e. The van der Waals surface area contributed by atoms with Crippen molar-refractivity contribution >= 4 is 34.8 Å². The smallest absolute Gasteiger partial charge is 0.238 e. The summed E-state index contributed by atoms with van der Waals surface area (Å²) in [6.45, 7) is 7.01. The first-order chi connectivity index (χ1) is 9.49. The van der Waals surface area contributed by atoms with Gasteiger partial charge in [-0.05, 0) is 25.5 Å². The zero-order valence-electron chi connectivity index (χ0n) is 11.7. The van der Waals surface area contributed by atoms with Crippen LogP contribution in [-0.2, 0) is 4.79 Å². The monoisotopic (exact) mass is 315 g/mol. The number of amides is 1. The normalized spacial score (nSPS) is 19.9. The van der Waals surface area contributed by atoms with Gasteiger partial charge >= 0.3 is 0 Å². The molecule has 0 aliphatic carbocycles. The van der Waals surface area contributed by atoms with E-state index in [1.54, 1.807) is 6.07 Å². The molecule has 0 saturated carbocycles. The Labute approximate surface area is 129 Å². The highest BCUT2D eigenvalue weighted by molar-refractivity contribution is 6.40. The van der Waals surface area contributed by atoms with Crippen LogP contribution in [0.4, 0.5) is 5.69 Å². The van der Waals surface area contributed by atoms with Crippen LogP contribution in [0.15, 0.2) is 12.1 Å². The summed E-state index contributed by atoms with van der Waals surface area (Å²) < 4.78 is 0. The van der Waals surface area contributed by atoms with Crippen molar-refractivity contribution in [3.63, 3.8) is 0 Å². The minimum absolute atomic E-state index is 0.0897. The van der Waals surface area contributed by atoms with Crippen molar-refractivity contribution < 1.29 is 4.79 Å². The number of nitrogens with zero attached hydrogens (tertiary/aromatic N) is 1. The summed E-state index contributed by atoms with van der Waals surface area (Å²) in [7, 11) is 0. The van der Waals surface area contributed by atoms with E-state index in [1.165, 1.54) is 0 Å². The lowest BCUT2D eigenvalue weighted by molar-refractivity contribution is -0.118. The Hall–Kier alpha value is -0.810. The Kier molecular flexibility index (Phi) is 5.27. The van der Waals surface area contributed by atoms with Crippen molar-refractivity contribution in [2.75, 3.05) is 31.5 Å². The number of carbonyl (C=O) groups excluding carboxylic acids is 1. The van der Waals surface area contributed by atoms with Crippen LogP contribution in [0, 0.1) is 6.92 Å². The maximum Gasteiger partial charge on any atom is 0.238 e. The molecule has 2 N–H and O–H groups in total. The van der Waals surface area contributed by atoms with E-state index in [4.69, 9.17) is 23.2 Å². The van der Waals surface area contributed by atoms with Crippen molar-refractivity contribution in [1.82, 2.24) is 10.2 Å². The van der Waals surface area contributed by atoms with Gasteiger partial charge in [0.05, 0.1) is 22.3 Å². The lowest BCUT2D eigenvalue weighted by atomic mass is 10.2. The fraction of sp³-hybridized carbons (Fsp3) is 0.500. The highest BCUT2D eigenvalue weighted by Gasteiger charge is 2.21. The molecule has 0 bridgehead atoms. The number of hydrogen-bond acceptors (Lipinski definition) is 3. The Balaban J connectivity index is 2.03. The minimum atomic E-state index is -0.0897. The number of hydrogen-bond donors (Lipinski definition) is 2. The Morgan fingerprint density at radius 1 is 1.50 bits per heavy atom. The molecule has 4 nitrogen and oxygen atoms in total. The molecule has 1 heterocycles. The zero-order chi connectivity index (χ0) is 14.7. The molecule has 1 amide bonds. The molecule has 1 saturated heterocycles. The van der Waals surface area contributed by atoms with Crippen LogP contribution in [0.25, 0.3) is 0 Å². The van der Waals surface area contributed by atoms with Crippen LogP contribution in [0.3, 0.4) is 0 Å². The third kappa shape index (κ3) is 3.64. The first kappa shape index (κ1) is 15.6. The second kappa shape index (κ2) is 6.76. The maximum absolute atomic E-state index is 12.2. The molecule has 6 heteroatoms. The first-order valence-corrected chi connectivity index (χ1v) is 7.44. The van der Waals surface area contributed by atoms with Crippen LogP contribution in [0.1, 0.15) is 12.5 Å². The second-order valence-corrected chi connectivity index (χ2v) is 5.91. The van der Waals surface area contributed by atoms with E-state index in [0.717, 1.165) is 25.2 Å². The summed E-state index contributed by atoms with van der Waals surface area (Å²) in [6, 6.07) is 3.92. The molecular formula is C14H19Cl2N3O. The standard InChI is InChI=1S/C14H19Cl2N3O/c1-9-3-4-11(15)14(13(9)16)18-12(20)8-19-6-5-17-7-10(19)2/h3-4,10,17H,5-8H2,1-2H3,(H,18,20). The molecule has 1 aromatic rings. The van der Waals surface area contributed by atoms with Gasteiger partial charge in [-0.25, -0.2) is 0 Å². The van der Waals surface area contributed by atoms with E-state index in [-0.39, 0.29) is 5.91 Å². The molecule has 1 atom stereocenters. The van der Waals surface area contributed by atoms with E-state index < -0.39 is 0 Å². The SMILES string of the molecule is Cc1ccc(Cl)c(NC(=O)CN2CCNCC2C)c1Cl. The van der Waals surface area contributed by atoms with E-state index in [2.05, 4.69) is 22.5 Å². The molecule has 1 aliphatic rings. The summed E-state index contributed by atoms with van der Waals surface area (Å²) in [4.78, 5) is 14.3. The van der Waals surface area contributed by atoms with Crippen molar-refractivity contribution in [3.8, 4) is 0 Å². The number of anilines is 1. The average molecular weight is 316 g/mol. The number of nitrogens with one attached hydrogen (secondary N) is 2. The lowest BCUT2D eigenvalue weighted by Gasteiger charge is -2.33. The molecule has 0 aromatic heterocycles. The predicted octanol–water partition coefficient (Wildman–Crippen LogP) is 2.53. The average Bonchev–Trinajstić information content (AvgIpc) is 2.42. The molecule has 20 heavy (non-hydrogen) atoms. The van der Waals surface area contributed by atoms with Gasteiger partial charge in [0.25, 0.3) is 0 Å². The summed E-state index contributed by atoms with van der Waals surface area (Å²) >= 11 is 12.3. The Morgan fingerprint density at radius 3 is 2.95 bits per heavy atom. The molecule has 0 spiro atoms. The van der Waals surface area contributed by atoms with Gasteiger partial charge in [0.15, 0.2) is 0 Å². The summed E-state index contributed by atoms with van der Waals surface area (Å²) in [5, 5.41) is 7.08. The Morgan fingerprint density at radius 2 is 2.25 bits per heavy atom. The van der Waals surface area contributed by atoms with Crippen molar-refractivity contribution in [2.24, 2.45) is 0 Å². The van der Waals surface area contributed by atoms with Gasteiger partial charge < -0.3 is 10.6 Å². The van der Waals surface area contributed by atoms with Crippen LogP contribution in [0.5, 0.6) is 0 Å². The predicted molar refractivity (Wildman–Crippen MR) is 83.7 cm³/mol. The molecule has 0 radical (unpaired) electrons. The van der Waals surface area contributed by atoms with E-state index in [9.17, 15) is 4.79 Å². The number of aryl methyl sites for hydroxylation is 1. The molecule has 1 aliphatic heterocycles. The van der Waals surface area contributed by atoms with E-state index in [0.29, 0.717) is 28.3 Å². The highest BCUT2D eigenvalue weighted by atomic mass is 35.5. The van der Waals surface area contributed by atoms with Gasteiger partial charge in [0.1, 0.15) is 0 Å². The second-order valence-electron chi connectivity index (χ2n) is 5.13. The Bertz CT molecular complexity index is 507. The molecule has 1 aromatic carbocycles. The van der Waals surface area contributed by atoms with Gasteiger partial charge in [-0.2, -0.15) is 0 Å². The third-order valence-corrected chi connectivity index (χ3v) is 4.34. The largest absolute Gasteiger partial charge is 0.322 e. The van der Waals surface area contributed by atoms with E-state index >= 15 is 0 Å². The van der Waals surface area contributed by atoms with Gasteiger partial charge in [0, 0.05) is 25.7 Å². The van der Waals surface area contributed by atoms with Crippen LogP contribution in [0.2, 0.25) is 10.0 Å². The van der Waals surface area contributed by atoms with Crippen molar-refractivity contribution in [2.45, 2.75) is 19.9 Å². The van der Waals surface area contributed by atoms with Gasteiger partial charge in [-0.1, -0.05) is 29.3 Å². The zero-order valence-corrected chi connectivity index (χ0v) is 13.2. The summed E-state index contributed by atoms with van der Waals surface area (Å²) in [5.74, 6) is -0.0897. The number of carbonyl (C=O) groups is 1. The van der Waals surface area contributed by atoms with Crippen LogP contribution >= 0.6 is 23.2 Å². The lowest BCUT2D eigenvalue weighted by Crippen LogP contribution is -2.52. The fourth-order valence-electron chi connectivity index (χ4n) is 2.25. The highest BCUT2D eigenvalue weighted by Crippen LogP contribution is 2.32. The molecule has 110 valence electrons. The van der Waals surface area contributed by atoms with Crippen molar-refractivity contribution in [3.05, 3.63) is 27.7 Å². The van der Waals surface area contributed by atoms with Gasteiger partial charge in [-0.15, -0.1) is 0 Å². The number of rotatable bonds is 3. The summed E-state index contributed by atoms with van der Waals surface area (Å²) in [5.41, 5.74) is 1.39. The maximum atomic E-state index is 12.2. The number of halogens is 2. The quantitative estimate of drug-likeness (QED) is 0.901. The fourth-order valence-corrected chi connectivity index (χ4v) is 2.72.